The molecule has 1 aliphatic rings. The van der Waals surface area contributed by atoms with Crippen LogP contribution in [0.3, 0.4) is 0 Å². The van der Waals surface area contributed by atoms with Gasteiger partial charge in [0.05, 0.1) is 5.69 Å². The number of carbonyl (C=O) groups is 1. The summed E-state index contributed by atoms with van der Waals surface area (Å²) in [5, 5.41) is 0. The van der Waals surface area contributed by atoms with Crippen molar-refractivity contribution >= 4 is 27.4 Å². The zero-order chi connectivity index (χ0) is 15.0. The van der Waals surface area contributed by atoms with Crippen molar-refractivity contribution in [2.75, 3.05) is 26.8 Å². The zero-order valence-corrected chi connectivity index (χ0v) is 13.6. The summed E-state index contributed by atoms with van der Waals surface area (Å²) >= 11 is 3.51. The van der Waals surface area contributed by atoms with Crippen LogP contribution < -0.4 is 0 Å². The summed E-state index contributed by atoms with van der Waals surface area (Å²) in [4.78, 5) is 22.7. The van der Waals surface area contributed by atoms with Gasteiger partial charge in [0.15, 0.2) is 0 Å². The molecule has 1 aliphatic heterocycles. The fraction of sp³-hybridized carbons (Fsp3) is 0.500. The van der Waals surface area contributed by atoms with E-state index in [1.54, 1.807) is 13.3 Å². The van der Waals surface area contributed by atoms with Crippen molar-refractivity contribution in [1.29, 1.82) is 0 Å². The number of likely N-dealkylation sites (tertiary alicyclic amines) is 1. The molecule has 1 amide bonds. The van der Waals surface area contributed by atoms with E-state index in [2.05, 4.69) is 30.3 Å². The molecule has 2 aromatic heterocycles. The minimum absolute atomic E-state index is 0.0396. The van der Waals surface area contributed by atoms with Gasteiger partial charge in [-0.2, -0.15) is 0 Å². The number of nitrogens with zero attached hydrogens (tertiary/aromatic N) is 4. The van der Waals surface area contributed by atoms with Crippen molar-refractivity contribution < 1.29 is 9.53 Å². The molecule has 6 nitrogen and oxygen atoms in total. The van der Waals surface area contributed by atoms with Crippen LogP contribution in [0.15, 0.2) is 17.0 Å². The SMILES string of the molecule is COCC(=O)N1CCC(c2nc(Br)c3c(C)nccn23)C1. The molecular formula is C14H17BrN4O2. The van der Waals surface area contributed by atoms with Gasteiger partial charge >= 0.3 is 0 Å². The van der Waals surface area contributed by atoms with Gasteiger partial charge in [-0.25, -0.2) is 4.98 Å². The third-order valence-corrected chi connectivity index (χ3v) is 4.45. The number of carbonyl (C=O) groups excluding carboxylic acids is 1. The lowest BCUT2D eigenvalue weighted by Gasteiger charge is -2.15. The zero-order valence-electron chi connectivity index (χ0n) is 12.0. The second-order valence-corrected chi connectivity index (χ2v) is 6.00. The molecular weight excluding hydrogens is 336 g/mol. The lowest BCUT2D eigenvalue weighted by atomic mass is 10.1. The molecule has 0 bridgehead atoms. The second kappa shape index (κ2) is 5.73. The van der Waals surface area contributed by atoms with Gasteiger partial charge in [-0.05, 0) is 29.3 Å². The first-order valence-corrected chi connectivity index (χ1v) is 7.67. The maximum atomic E-state index is 11.9. The van der Waals surface area contributed by atoms with Crippen LogP contribution in [0.2, 0.25) is 0 Å². The van der Waals surface area contributed by atoms with Gasteiger partial charge in [-0.1, -0.05) is 0 Å². The molecule has 1 saturated heterocycles. The molecule has 0 saturated carbocycles. The first-order valence-electron chi connectivity index (χ1n) is 6.87. The van der Waals surface area contributed by atoms with Gasteiger partial charge in [0.25, 0.3) is 0 Å². The Hall–Kier alpha value is -1.47. The van der Waals surface area contributed by atoms with Gasteiger partial charge in [0.1, 0.15) is 22.6 Å². The number of halogens is 1. The minimum atomic E-state index is 0.0396. The number of aromatic nitrogens is 3. The Balaban J connectivity index is 1.89. The summed E-state index contributed by atoms with van der Waals surface area (Å²) in [6.45, 7) is 3.55. The van der Waals surface area contributed by atoms with Crippen LogP contribution in [-0.4, -0.2) is 52.0 Å². The number of rotatable bonds is 3. The minimum Gasteiger partial charge on any atom is -0.375 e. The molecule has 7 heteroatoms. The Kier molecular flexibility index (Phi) is 3.95. The van der Waals surface area contributed by atoms with Crippen LogP contribution in [0.1, 0.15) is 23.9 Å². The van der Waals surface area contributed by atoms with E-state index in [0.717, 1.165) is 34.6 Å². The summed E-state index contributed by atoms with van der Waals surface area (Å²) in [5.41, 5.74) is 1.93. The monoisotopic (exact) mass is 352 g/mol. The quantitative estimate of drug-likeness (QED) is 0.844. The highest BCUT2D eigenvalue weighted by Gasteiger charge is 2.30. The topological polar surface area (TPSA) is 59.7 Å². The van der Waals surface area contributed by atoms with Crippen molar-refractivity contribution in [3.8, 4) is 0 Å². The Morgan fingerprint density at radius 1 is 1.57 bits per heavy atom. The van der Waals surface area contributed by atoms with E-state index < -0.39 is 0 Å². The summed E-state index contributed by atoms with van der Waals surface area (Å²) < 4.78 is 7.80. The van der Waals surface area contributed by atoms with Crippen LogP contribution in [0.25, 0.3) is 5.52 Å². The van der Waals surface area contributed by atoms with Crippen LogP contribution in [0, 0.1) is 6.92 Å². The van der Waals surface area contributed by atoms with E-state index in [-0.39, 0.29) is 18.4 Å². The smallest absolute Gasteiger partial charge is 0.248 e. The third-order valence-electron chi connectivity index (χ3n) is 3.90. The molecule has 1 fully saturated rings. The maximum absolute atomic E-state index is 11.9. The summed E-state index contributed by atoms with van der Waals surface area (Å²) in [7, 11) is 1.54. The predicted molar refractivity (Wildman–Crippen MR) is 81.2 cm³/mol. The highest BCUT2D eigenvalue weighted by molar-refractivity contribution is 9.10. The average molecular weight is 353 g/mol. The lowest BCUT2D eigenvalue weighted by Crippen LogP contribution is -2.31. The number of hydrogen-bond acceptors (Lipinski definition) is 4. The van der Waals surface area contributed by atoms with Crippen molar-refractivity contribution in [2.45, 2.75) is 19.3 Å². The first-order chi connectivity index (χ1) is 10.1. The maximum Gasteiger partial charge on any atom is 0.248 e. The lowest BCUT2D eigenvalue weighted by molar-refractivity contribution is -0.134. The van der Waals surface area contributed by atoms with E-state index in [1.165, 1.54) is 0 Å². The van der Waals surface area contributed by atoms with E-state index in [4.69, 9.17) is 4.74 Å². The largest absolute Gasteiger partial charge is 0.375 e. The van der Waals surface area contributed by atoms with Crippen molar-refractivity contribution in [2.24, 2.45) is 0 Å². The van der Waals surface area contributed by atoms with E-state index in [1.807, 2.05) is 18.0 Å². The standard InChI is InChI=1S/C14H17BrN4O2/c1-9-12-13(15)17-14(19(12)6-4-16-9)10-3-5-18(7-10)11(20)8-21-2/h4,6,10H,3,5,7-8H2,1-2H3. The molecule has 0 aromatic carbocycles. The van der Waals surface area contributed by atoms with E-state index >= 15 is 0 Å². The Morgan fingerprint density at radius 2 is 2.38 bits per heavy atom. The molecule has 1 unspecified atom stereocenters. The molecule has 21 heavy (non-hydrogen) atoms. The van der Waals surface area contributed by atoms with Crippen molar-refractivity contribution in [3.63, 3.8) is 0 Å². The van der Waals surface area contributed by atoms with E-state index in [0.29, 0.717) is 6.54 Å². The molecule has 0 aliphatic carbocycles. The molecule has 0 spiro atoms. The number of ether oxygens (including phenoxy) is 1. The normalized spacial score (nSPS) is 18.6. The molecule has 3 heterocycles. The summed E-state index contributed by atoms with van der Waals surface area (Å²) in [5.74, 6) is 1.26. The molecule has 3 rings (SSSR count). The molecule has 112 valence electrons. The van der Waals surface area contributed by atoms with Gasteiger partial charge in [0, 0.05) is 38.5 Å². The van der Waals surface area contributed by atoms with Crippen LogP contribution >= 0.6 is 15.9 Å². The fourth-order valence-electron chi connectivity index (χ4n) is 2.87. The van der Waals surface area contributed by atoms with Gasteiger partial charge < -0.3 is 9.64 Å². The van der Waals surface area contributed by atoms with Crippen LogP contribution in [0.5, 0.6) is 0 Å². The van der Waals surface area contributed by atoms with Crippen LogP contribution in [-0.2, 0) is 9.53 Å². The fourth-order valence-corrected chi connectivity index (χ4v) is 3.53. The Labute approximate surface area is 131 Å². The second-order valence-electron chi connectivity index (χ2n) is 5.25. The first kappa shape index (κ1) is 14.5. The number of imidazole rings is 1. The molecule has 0 N–H and O–H groups in total. The molecule has 0 radical (unpaired) electrons. The van der Waals surface area contributed by atoms with Gasteiger partial charge in [-0.3, -0.25) is 14.2 Å². The Morgan fingerprint density at radius 3 is 3.14 bits per heavy atom. The summed E-state index contributed by atoms with van der Waals surface area (Å²) in [6, 6.07) is 0. The highest BCUT2D eigenvalue weighted by atomic mass is 79.9. The number of aryl methyl sites for hydroxylation is 1. The van der Waals surface area contributed by atoms with Gasteiger partial charge in [0.2, 0.25) is 5.91 Å². The third kappa shape index (κ3) is 2.55. The number of amides is 1. The van der Waals surface area contributed by atoms with Crippen LogP contribution in [0.4, 0.5) is 0 Å². The van der Waals surface area contributed by atoms with Crippen molar-refractivity contribution in [1.82, 2.24) is 19.3 Å². The molecule has 2 aromatic rings. The van der Waals surface area contributed by atoms with Crippen molar-refractivity contribution in [3.05, 3.63) is 28.5 Å². The highest BCUT2D eigenvalue weighted by Crippen LogP contribution is 2.30. The summed E-state index contributed by atoms with van der Waals surface area (Å²) in [6.07, 6.45) is 4.63. The number of fused-ring (bicyclic) bond motifs is 1. The molecule has 1 atom stereocenters. The Bertz CT molecular complexity index is 685. The number of methoxy groups -OCH3 is 1. The predicted octanol–water partition coefficient (Wildman–Crippen LogP) is 1.76. The van der Waals surface area contributed by atoms with Gasteiger partial charge in [-0.15, -0.1) is 0 Å². The number of hydrogen-bond donors (Lipinski definition) is 0. The average Bonchev–Trinajstić information content (AvgIpc) is 3.05. The van der Waals surface area contributed by atoms with E-state index in [9.17, 15) is 4.79 Å².